The molecule has 17 heavy (non-hydrogen) atoms. The standard InChI is InChI=1S/C12H18N4O/c13-6-9-7-15(9)12(4-2-1-3-5-12)16-8-10(16)11(14)17/h9-10H,1-5,7-8H2,(H2,14,17). The van der Waals surface area contributed by atoms with Crippen molar-refractivity contribution >= 4 is 5.91 Å². The Bertz CT molecular complexity index is 382. The molecule has 5 nitrogen and oxygen atoms in total. The third kappa shape index (κ3) is 1.63. The summed E-state index contributed by atoms with van der Waals surface area (Å²) in [6.07, 6.45) is 5.80. The van der Waals surface area contributed by atoms with Gasteiger partial charge in [0.05, 0.1) is 11.7 Å². The Morgan fingerprint density at radius 1 is 1.24 bits per heavy atom. The molecule has 1 aliphatic carbocycles. The van der Waals surface area contributed by atoms with Crippen molar-refractivity contribution in [2.45, 2.75) is 49.9 Å². The molecule has 0 aromatic heterocycles. The first kappa shape index (κ1) is 11.0. The van der Waals surface area contributed by atoms with E-state index in [4.69, 9.17) is 11.0 Å². The number of amides is 1. The second kappa shape index (κ2) is 3.69. The predicted octanol–water partition coefficient (Wildman–Crippen LogP) is 0.0241. The first-order valence-corrected chi connectivity index (χ1v) is 6.41. The molecule has 0 radical (unpaired) electrons. The van der Waals surface area contributed by atoms with Gasteiger partial charge in [0.25, 0.3) is 0 Å². The molecule has 2 aliphatic heterocycles. The average molecular weight is 234 g/mol. The maximum Gasteiger partial charge on any atom is 0.236 e. The molecule has 0 spiro atoms. The van der Waals surface area contributed by atoms with Crippen LogP contribution >= 0.6 is 0 Å². The topological polar surface area (TPSA) is 72.9 Å². The van der Waals surface area contributed by atoms with Crippen LogP contribution in [0, 0.1) is 11.3 Å². The Labute approximate surface area is 101 Å². The highest BCUT2D eigenvalue weighted by atomic mass is 16.2. The molecule has 0 bridgehead atoms. The van der Waals surface area contributed by atoms with Gasteiger partial charge in [-0.2, -0.15) is 5.26 Å². The predicted molar refractivity (Wildman–Crippen MR) is 61.6 cm³/mol. The fourth-order valence-electron chi connectivity index (χ4n) is 3.41. The monoisotopic (exact) mass is 234 g/mol. The highest BCUT2D eigenvalue weighted by molar-refractivity contribution is 5.83. The summed E-state index contributed by atoms with van der Waals surface area (Å²) < 4.78 is 0. The van der Waals surface area contributed by atoms with Crippen LogP contribution in [0.4, 0.5) is 0 Å². The van der Waals surface area contributed by atoms with Crippen molar-refractivity contribution in [1.82, 2.24) is 9.80 Å². The van der Waals surface area contributed by atoms with Gasteiger partial charge in [-0.15, -0.1) is 0 Å². The molecular formula is C12H18N4O. The van der Waals surface area contributed by atoms with E-state index in [2.05, 4.69) is 15.9 Å². The number of rotatable bonds is 3. The summed E-state index contributed by atoms with van der Waals surface area (Å²) in [5, 5.41) is 9.00. The number of nitrogens with zero attached hydrogens (tertiary/aromatic N) is 3. The van der Waals surface area contributed by atoms with Gasteiger partial charge in [-0.3, -0.25) is 14.6 Å². The highest BCUT2D eigenvalue weighted by Crippen LogP contribution is 2.47. The number of nitrogens with two attached hydrogens (primary N) is 1. The molecule has 3 fully saturated rings. The fourth-order valence-corrected chi connectivity index (χ4v) is 3.41. The van der Waals surface area contributed by atoms with Crippen LogP contribution in [0.15, 0.2) is 0 Å². The van der Waals surface area contributed by atoms with Crippen LogP contribution in [0.5, 0.6) is 0 Å². The minimum Gasteiger partial charge on any atom is -0.368 e. The molecule has 2 saturated heterocycles. The van der Waals surface area contributed by atoms with Crippen molar-refractivity contribution < 1.29 is 4.79 Å². The number of primary amides is 1. The van der Waals surface area contributed by atoms with Crippen molar-refractivity contribution in [3.8, 4) is 6.07 Å². The Morgan fingerprint density at radius 3 is 2.41 bits per heavy atom. The first-order valence-electron chi connectivity index (χ1n) is 6.41. The molecule has 2 N–H and O–H groups in total. The van der Waals surface area contributed by atoms with Gasteiger partial charge >= 0.3 is 0 Å². The minimum atomic E-state index is -0.217. The van der Waals surface area contributed by atoms with E-state index in [1.807, 2.05) is 0 Å². The summed E-state index contributed by atoms with van der Waals surface area (Å²) in [6.45, 7) is 1.64. The molecule has 3 aliphatic rings. The Balaban J connectivity index is 1.78. The van der Waals surface area contributed by atoms with E-state index in [1.165, 1.54) is 19.3 Å². The molecule has 0 aromatic rings. The van der Waals surface area contributed by atoms with Gasteiger partial charge in [-0.05, 0) is 12.8 Å². The maximum atomic E-state index is 11.2. The third-order valence-electron chi connectivity index (χ3n) is 4.43. The summed E-state index contributed by atoms with van der Waals surface area (Å²) >= 11 is 0. The fraction of sp³-hybridized carbons (Fsp3) is 0.833. The number of hydrogen-bond donors (Lipinski definition) is 1. The maximum absolute atomic E-state index is 11.2. The molecule has 4 atom stereocenters. The van der Waals surface area contributed by atoms with Crippen molar-refractivity contribution in [3.05, 3.63) is 0 Å². The van der Waals surface area contributed by atoms with Gasteiger partial charge < -0.3 is 5.73 Å². The number of carbonyl (C=O) groups is 1. The van der Waals surface area contributed by atoms with Crippen LogP contribution in [0.25, 0.3) is 0 Å². The SMILES string of the molecule is N#CC1CN1C1(N2CC2C(N)=O)CCCCC1. The third-order valence-corrected chi connectivity index (χ3v) is 4.43. The molecule has 0 aromatic carbocycles. The molecule has 5 heteroatoms. The van der Waals surface area contributed by atoms with Crippen LogP contribution in [-0.2, 0) is 4.79 Å². The Morgan fingerprint density at radius 2 is 1.94 bits per heavy atom. The van der Waals surface area contributed by atoms with Crippen molar-refractivity contribution in [1.29, 1.82) is 5.26 Å². The molecule has 1 saturated carbocycles. The van der Waals surface area contributed by atoms with Gasteiger partial charge in [0, 0.05) is 13.1 Å². The molecule has 2 heterocycles. The van der Waals surface area contributed by atoms with Gasteiger partial charge in [0.1, 0.15) is 12.1 Å². The van der Waals surface area contributed by atoms with Gasteiger partial charge in [0.2, 0.25) is 5.91 Å². The van der Waals surface area contributed by atoms with E-state index >= 15 is 0 Å². The van der Waals surface area contributed by atoms with E-state index < -0.39 is 0 Å². The molecule has 4 unspecified atom stereocenters. The van der Waals surface area contributed by atoms with Crippen molar-refractivity contribution in [2.75, 3.05) is 13.1 Å². The van der Waals surface area contributed by atoms with Crippen molar-refractivity contribution in [2.24, 2.45) is 5.73 Å². The molecule has 3 rings (SSSR count). The molecule has 92 valence electrons. The lowest BCUT2D eigenvalue weighted by atomic mass is 9.88. The quantitative estimate of drug-likeness (QED) is 0.699. The van der Waals surface area contributed by atoms with E-state index in [0.29, 0.717) is 0 Å². The van der Waals surface area contributed by atoms with Crippen LogP contribution < -0.4 is 5.73 Å². The summed E-state index contributed by atoms with van der Waals surface area (Å²) in [5.74, 6) is -0.217. The minimum absolute atomic E-state index is 0.0294. The molecular weight excluding hydrogens is 216 g/mol. The van der Waals surface area contributed by atoms with Gasteiger partial charge in [-0.25, -0.2) is 0 Å². The smallest absolute Gasteiger partial charge is 0.236 e. The number of nitriles is 1. The lowest BCUT2D eigenvalue weighted by Crippen LogP contribution is -2.50. The highest BCUT2D eigenvalue weighted by Gasteiger charge is 2.60. The van der Waals surface area contributed by atoms with Crippen LogP contribution in [0.2, 0.25) is 0 Å². The van der Waals surface area contributed by atoms with E-state index in [9.17, 15) is 4.79 Å². The summed E-state index contributed by atoms with van der Waals surface area (Å²) in [4.78, 5) is 15.7. The second-order valence-corrected chi connectivity index (χ2v) is 5.41. The van der Waals surface area contributed by atoms with E-state index in [-0.39, 0.29) is 23.7 Å². The zero-order valence-electron chi connectivity index (χ0n) is 9.93. The Kier molecular flexibility index (Phi) is 2.39. The zero-order valence-corrected chi connectivity index (χ0v) is 9.93. The number of carbonyl (C=O) groups excluding carboxylic acids is 1. The van der Waals surface area contributed by atoms with Crippen molar-refractivity contribution in [3.63, 3.8) is 0 Å². The normalized spacial score (nSPS) is 42.5. The first-order chi connectivity index (χ1) is 8.19. The molecule has 1 amide bonds. The van der Waals surface area contributed by atoms with E-state index in [0.717, 1.165) is 25.9 Å². The zero-order chi connectivity index (χ0) is 12.0. The largest absolute Gasteiger partial charge is 0.368 e. The van der Waals surface area contributed by atoms with Gasteiger partial charge in [-0.1, -0.05) is 19.3 Å². The average Bonchev–Trinajstić information content (AvgIpc) is 3.21. The van der Waals surface area contributed by atoms with Crippen LogP contribution in [-0.4, -0.2) is 46.5 Å². The summed E-state index contributed by atoms with van der Waals surface area (Å²) in [7, 11) is 0. The lowest BCUT2D eigenvalue weighted by Gasteiger charge is -2.41. The van der Waals surface area contributed by atoms with Gasteiger partial charge in [0.15, 0.2) is 0 Å². The summed E-state index contributed by atoms with van der Waals surface area (Å²) in [5.41, 5.74) is 5.35. The second-order valence-electron chi connectivity index (χ2n) is 5.41. The summed E-state index contributed by atoms with van der Waals surface area (Å²) in [6, 6.07) is 2.29. The van der Waals surface area contributed by atoms with Crippen LogP contribution in [0.1, 0.15) is 32.1 Å². The number of hydrogen-bond acceptors (Lipinski definition) is 4. The van der Waals surface area contributed by atoms with Crippen LogP contribution in [0.3, 0.4) is 0 Å². The lowest BCUT2D eigenvalue weighted by molar-refractivity contribution is -0.119. The van der Waals surface area contributed by atoms with E-state index in [1.54, 1.807) is 0 Å². The Hall–Kier alpha value is -1.12.